The van der Waals surface area contributed by atoms with Crippen molar-refractivity contribution in [3.05, 3.63) is 58.3 Å². The first kappa shape index (κ1) is 14.0. The number of nitrogens with zero attached hydrogens (tertiary/aromatic N) is 2. The van der Waals surface area contributed by atoms with Crippen LogP contribution in [0.15, 0.2) is 42.6 Å². The maximum Gasteiger partial charge on any atom is 0.273 e. The topological polar surface area (TPSA) is 77.3 Å². The lowest BCUT2D eigenvalue weighted by atomic mass is 10.1. The van der Waals surface area contributed by atoms with E-state index in [1.807, 2.05) is 20.0 Å². The third-order valence-corrected chi connectivity index (χ3v) is 2.94. The Labute approximate surface area is 116 Å². The van der Waals surface area contributed by atoms with Gasteiger partial charge in [-0.25, -0.2) is 4.98 Å². The van der Waals surface area contributed by atoms with Gasteiger partial charge in [0.15, 0.2) is 0 Å². The highest BCUT2D eigenvalue weighted by atomic mass is 16.6. The Morgan fingerprint density at radius 3 is 2.75 bits per heavy atom. The van der Waals surface area contributed by atoms with Crippen LogP contribution in [-0.2, 0) is 0 Å². The molecule has 0 aliphatic heterocycles. The smallest absolute Gasteiger partial charge is 0.273 e. The molecule has 6 nitrogen and oxygen atoms in total. The van der Waals surface area contributed by atoms with Crippen LogP contribution in [0.3, 0.4) is 0 Å². The van der Waals surface area contributed by atoms with Crippen LogP contribution < -0.4 is 10.1 Å². The van der Waals surface area contributed by atoms with Crippen LogP contribution in [0.4, 0.5) is 5.69 Å². The zero-order valence-electron chi connectivity index (χ0n) is 11.2. The highest BCUT2D eigenvalue weighted by Crippen LogP contribution is 2.24. The number of nitro groups is 1. The van der Waals surface area contributed by atoms with Crippen molar-refractivity contribution >= 4 is 5.69 Å². The van der Waals surface area contributed by atoms with Gasteiger partial charge in [0.05, 0.1) is 11.0 Å². The van der Waals surface area contributed by atoms with E-state index in [2.05, 4.69) is 10.3 Å². The first-order valence-electron chi connectivity index (χ1n) is 6.15. The van der Waals surface area contributed by atoms with E-state index in [4.69, 9.17) is 4.74 Å². The van der Waals surface area contributed by atoms with Crippen molar-refractivity contribution in [3.63, 3.8) is 0 Å². The Morgan fingerprint density at radius 2 is 2.15 bits per heavy atom. The lowest BCUT2D eigenvalue weighted by Gasteiger charge is -2.10. The average Bonchev–Trinajstić information content (AvgIpc) is 2.47. The molecule has 0 fully saturated rings. The number of nitro benzene ring substituents is 1. The second kappa shape index (κ2) is 6.12. The first-order chi connectivity index (χ1) is 9.60. The van der Waals surface area contributed by atoms with E-state index >= 15 is 0 Å². The van der Waals surface area contributed by atoms with Gasteiger partial charge >= 0.3 is 0 Å². The fraction of sp³-hybridized carbons (Fsp3) is 0.214. The summed E-state index contributed by atoms with van der Waals surface area (Å²) in [4.78, 5) is 14.4. The van der Waals surface area contributed by atoms with Crippen LogP contribution in [0, 0.1) is 10.1 Å². The molecular weight excluding hydrogens is 258 g/mol. The second-order valence-electron chi connectivity index (χ2n) is 4.30. The quantitative estimate of drug-likeness (QED) is 0.669. The molecule has 1 N–H and O–H groups in total. The number of pyridine rings is 1. The van der Waals surface area contributed by atoms with Crippen LogP contribution in [0.25, 0.3) is 0 Å². The largest absolute Gasteiger partial charge is 0.439 e. The van der Waals surface area contributed by atoms with E-state index in [9.17, 15) is 10.1 Å². The van der Waals surface area contributed by atoms with Gasteiger partial charge < -0.3 is 10.1 Å². The molecule has 1 heterocycles. The molecule has 1 unspecified atom stereocenters. The molecule has 0 aliphatic rings. The molecule has 0 saturated carbocycles. The Balaban J connectivity index is 2.14. The van der Waals surface area contributed by atoms with E-state index in [0.29, 0.717) is 11.6 Å². The summed E-state index contributed by atoms with van der Waals surface area (Å²) >= 11 is 0. The molecule has 0 spiro atoms. The molecule has 0 saturated heterocycles. The molecule has 2 rings (SSSR count). The highest BCUT2D eigenvalue weighted by molar-refractivity contribution is 5.39. The zero-order chi connectivity index (χ0) is 14.5. The molecule has 1 aromatic heterocycles. The third-order valence-electron chi connectivity index (χ3n) is 2.94. The first-order valence-corrected chi connectivity index (χ1v) is 6.15. The molecular formula is C14H15N3O3. The van der Waals surface area contributed by atoms with Crippen molar-refractivity contribution in [1.82, 2.24) is 10.3 Å². The normalized spacial score (nSPS) is 11.9. The average molecular weight is 273 g/mol. The van der Waals surface area contributed by atoms with Gasteiger partial charge in [0, 0.05) is 24.4 Å². The van der Waals surface area contributed by atoms with E-state index in [1.165, 1.54) is 12.1 Å². The van der Waals surface area contributed by atoms with E-state index < -0.39 is 4.92 Å². The lowest BCUT2D eigenvalue weighted by Crippen LogP contribution is -2.12. The monoisotopic (exact) mass is 273 g/mol. The minimum Gasteiger partial charge on any atom is -0.439 e. The molecule has 104 valence electrons. The second-order valence-corrected chi connectivity index (χ2v) is 4.30. The predicted molar refractivity (Wildman–Crippen MR) is 74.9 cm³/mol. The molecule has 0 aliphatic carbocycles. The van der Waals surface area contributed by atoms with Crippen LogP contribution in [-0.4, -0.2) is 17.0 Å². The molecule has 20 heavy (non-hydrogen) atoms. The molecule has 6 heteroatoms. The van der Waals surface area contributed by atoms with Crippen LogP contribution in [0.5, 0.6) is 11.6 Å². The summed E-state index contributed by atoms with van der Waals surface area (Å²) < 4.78 is 5.50. The fourth-order valence-corrected chi connectivity index (χ4v) is 1.66. The number of hydrogen-bond donors (Lipinski definition) is 1. The Kier molecular flexibility index (Phi) is 4.27. The number of nitrogens with one attached hydrogen (secondary N) is 1. The van der Waals surface area contributed by atoms with Crippen molar-refractivity contribution < 1.29 is 9.66 Å². The van der Waals surface area contributed by atoms with Crippen molar-refractivity contribution in [2.24, 2.45) is 0 Å². The van der Waals surface area contributed by atoms with Gasteiger partial charge in [0.2, 0.25) is 5.88 Å². The Bertz CT molecular complexity index is 599. The summed E-state index contributed by atoms with van der Waals surface area (Å²) in [5.41, 5.74) is 1.03. The number of benzene rings is 1. The molecule has 0 amide bonds. The Morgan fingerprint density at radius 1 is 1.35 bits per heavy atom. The van der Waals surface area contributed by atoms with Gasteiger partial charge in [-0.2, -0.15) is 0 Å². The van der Waals surface area contributed by atoms with Crippen molar-refractivity contribution in [3.8, 4) is 11.6 Å². The zero-order valence-corrected chi connectivity index (χ0v) is 11.2. The maximum atomic E-state index is 10.7. The fourth-order valence-electron chi connectivity index (χ4n) is 1.66. The SMILES string of the molecule is CNC(C)c1ccc(Oc2cccc([N+](=O)[O-])c2)nc1. The van der Waals surface area contributed by atoms with Gasteiger partial charge in [-0.15, -0.1) is 0 Å². The molecule has 0 radical (unpaired) electrons. The molecule has 1 atom stereocenters. The highest BCUT2D eigenvalue weighted by Gasteiger charge is 2.08. The van der Waals surface area contributed by atoms with E-state index in [1.54, 1.807) is 24.4 Å². The molecule has 1 aromatic carbocycles. The van der Waals surface area contributed by atoms with Crippen molar-refractivity contribution in [2.45, 2.75) is 13.0 Å². The van der Waals surface area contributed by atoms with Crippen LogP contribution in [0.1, 0.15) is 18.5 Å². The lowest BCUT2D eigenvalue weighted by molar-refractivity contribution is -0.384. The standard InChI is InChI=1S/C14H15N3O3/c1-10(15-2)11-6-7-14(16-9-11)20-13-5-3-4-12(8-13)17(18)19/h3-10,15H,1-2H3. The minimum atomic E-state index is -0.460. The number of non-ortho nitro benzene ring substituents is 1. The maximum absolute atomic E-state index is 10.7. The third kappa shape index (κ3) is 3.30. The van der Waals surface area contributed by atoms with E-state index in [0.717, 1.165) is 5.56 Å². The van der Waals surface area contributed by atoms with Crippen LogP contribution >= 0.6 is 0 Å². The molecule has 0 bridgehead atoms. The summed E-state index contributed by atoms with van der Waals surface area (Å²) in [6.07, 6.45) is 1.72. The van der Waals surface area contributed by atoms with Gasteiger partial charge in [0.1, 0.15) is 5.75 Å². The number of ether oxygens (including phenoxy) is 1. The number of aromatic nitrogens is 1. The number of rotatable bonds is 5. The van der Waals surface area contributed by atoms with Gasteiger partial charge in [-0.05, 0) is 25.6 Å². The van der Waals surface area contributed by atoms with E-state index in [-0.39, 0.29) is 11.7 Å². The Hall–Kier alpha value is -2.47. The van der Waals surface area contributed by atoms with Gasteiger partial charge in [-0.3, -0.25) is 10.1 Å². The van der Waals surface area contributed by atoms with Gasteiger partial charge in [-0.1, -0.05) is 12.1 Å². The predicted octanol–water partition coefficient (Wildman–Crippen LogP) is 3.06. The molecule has 2 aromatic rings. The summed E-state index contributed by atoms with van der Waals surface area (Å²) in [7, 11) is 1.87. The van der Waals surface area contributed by atoms with Crippen LogP contribution in [0.2, 0.25) is 0 Å². The summed E-state index contributed by atoms with van der Waals surface area (Å²) in [5.74, 6) is 0.790. The van der Waals surface area contributed by atoms with Crippen molar-refractivity contribution in [1.29, 1.82) is 0 Å². The van der Waals surface area contributed by atoms with Crippen molar-refractivity contribution in [2.75, 3.05) is 7.05 Å². The summed E-state index contributed by atoms with van der Waals surface area (Å²) in [6.45, 7) is 2.03. The summed E-state index contributed by atoms with van der Waals surface area (Å²) in [6, 6.07) is 9.85. The minimum absolute atomic E-state index is 0.0112. The van der Waals surface area contributed by atoms with Gasteiger partial charge in [0.25, 0.3) is 5.69 Å². The number of hydrogen-bond acceptors (Lipinski definition) is 5. The summed E-state index contributed by atoms with van der Waals surface area (Å²) in [5, 5.41) is 13.8.